The van der Waals surface area contributed by atoms with Crippen LogP contribution in [0.5, 0.6) is 0 Å². The zero-order valence-electron chi connectivity index (χ0n) is 5.81. The van der Waals surface area contributed by atoms with Crippen LogP contribution in [0.3, 0.4) is 0 Å². The van der Waals surface area contributed by atoms with Crippen LogP contribution in [0.2, 0.25) is 0 Å². The Morgan fingerprint density at radius 3 is 3.08 bits per heavy atom. The number of rotatable bonds is 2. The Balaban J connectivity index is 3.29. The lowest BCUT2D eigenvalue weighted by Crippen LogP contribution is -1.83. The van der Waals surface area contributed by atoms with Crippen LogP contribution in [0, 0.1) is 0 Å². The molecule has 0 aromatic carbocycles. The molecule has 1 aromatic heterocycles. The zero-order valence-corrected chi connectivity index (χ0v) is 7.39. The molecule has 0 spiro atoms. The van der Waals surface area contributed by atoms with Gasteiger partial charge in [-0.25, -0.2) is 4.98 Å². The highest BCUT2D eigenvalue weighted by Crippen LogP contribution is 2.20. The van der Waals surface area contributed by atoms with E-state index >= 15 is 0 Å². The Bertz CT molecular complexity index is 359. The number of aromatic nitrogens is 1. The lowest BCUT2D eigenvalue weighted by atomic mass is 10.3. The molecular weight excluding hydrogens is 224 g/mol. The number of nitrogens with zero attached hydrogens (tertiary/aromatic N) is 4. The maximum Gasteiger partial charge on any atom is 0.152 e. The molecule has 12 heavy (non-hydrogen) atoms. The molecular formula is C6H3BrN4O. The molecule has 0 amide bonds. The standard InChI is InChI=1S/C6H3BrN4O/c7-6-1-5(10-11-8)4(3-12)2-9-6/h1-3H. The monoisotopic (exact) mass is 226 g/mol. The Hall–Kier alpha value is -1.39. The molecule has 0 unspecified atom stereocenters. The summed E-state index contributed by atoms with van der Waals surface area (Å²) in [5, 5.41) is 3.32. The minimum absolute atomic E-state index is 0.273. The Morgan fingerprint density at radius 2 is 2.50 bits per heavy atom. The molecule has 0 aliphatic rings. The van der Waals surface area contributed by atoms with Gasteiger partial charge in [0.2, 0.25) is 0 Å². The summed E-state index contributed by atoms with van der Waals surface area (Å²) in [6.45, 7) is 0. The van der Waals surface area contributed by atoms with Gasteiger partial charge in [-0.3, -0.25) is 4.79 Å². The summed E-state index contributed by atoms with van der Waals surface area (Å²) < 4.78 is 0.524. The van der Waals surface area contributed by atoms with Crippen LogP contribution >= 0.6 is 15.9 Å². The summed E-state index contributed by atoms with van der Waals surface area (Å²) in [6, 6.07) is 1.48. The molecule has 0 bridgehead atoms. The summed E-state index contributed by atoms with van der Waals surface area (Å²) in [5.74, 6) is 0. The molecule has 0 saturated heterocycles. The first-order chi connectivity index (χ1) is 5.77. The second kappa shape index (κ2) is 3.85. The van der Waals surface area contributed by atoms with Gasteiger partial charge in [-0.15, -0.1) is 0 Å². The second-order valence-electron chi connectivity index (χ2n) is 1.87. The lowest BCUT2D eigenvalue weighted by Gasteiger charge is -1.95. The number of halogens is 1. The van der Waals surface area contributed by atoms with Gasteiger partial charge in [0, 0.05) is 16.7 Å². The van der Waals surface area contributed by atoms with E-state index in [1.54, 1.807) is 0 Å². The van der Waals surface area contributed by atoms with Crippen molar-refractivity contribution >= 4 is 27.9 Å². The second-order valence-corrected chi connectivity index (χ2v) is 2.69. The molecule has 6 heteroatoms. The van der Waals surface area contributed by atoms with Gasteiger partial charge in [0.15, 0.2) is 6.29 Å². The van der Waals surface area contributed by atoms with E-state index in [0.29, 0.717) is 10.9 Å². The van der Waals surface area contributed by atoms with E-state index in [4.69, 9.17) is 5.53 Å². The molecule has 1 rings (SSSR count). The predicted octanol–water partition coefficient (Wildman–Crippen LogP) is 2.60. The third kappa shape index (κ3) is 1.81. The van der Waals surface area contributed by atoms with Crippen molar-refractivity contribution in [1.29, 1.82) is 0 Å². The first-order valence-corrected chi connectivity index (χ1v) is 3.73. The molecule has 0 saturated carbocycles. The van der Waals surface area contributed by atoms with Crippen LogP contribution < -0.4 is 0 Å². The maximum absolute atomic E-state index is 10.4. The van der Waals surface area contributed by atoms with E-state index in [-0.39, 0.29) is 11.3 Å². The van der Waals surface area contributed by atoms with Crippen LogP contribution in [0.1, 0.15) is 10.4 Å². The van der Waals surface area contributed by atoms with E-state index in [1.165, 1.54) is 12.3 Å². The molecule has 1 heterocycles. The van der Waals surface area contributed by atoms with E-state index in [9.17, 15) is 4.79 Å². The van der Waals surface area contributed by atoms with Crippen molar-refractivity contribution in [3.63, 3.8) is 0 Å². The van der Waals surface area contributed by atoms with Gasteiger partial charge in [0.1, 0.15) is 4.60 Å². The minimum Gasteiger partial charge on any atom is -0.298 e. The summed E-state index contributed by atoms with van der Waals surface area (Å²) in [7, 11) is 0. The molecule has 0 aliphatic heterocycles. The van der Waals surface area contributed by atoms with E-state index < -0.39 is 0 Å². The van der Waals surface area contributed by atoms with Gasteiger partial charge in [-0.2, -0.15) is 0 Å². The van der Waals surface area contributed by atoms with Gasteiger partial charge in [-0.1, -0.05) is 5.11 Å². The van der Waals surface area contributed by atoms with E-state index in [0.717, 1.165) is 0 Å². The van der Waals surface area contributed by atoms with Crippen molar-refractivity contribution < 1.29 is 4.79 Å². The SMILES string of the molecule is [N-]=[N+]=Nc1cc(Br)ncc1C=O. The van der Waals surface area contributed by atoms with Crippen LogP contribution in [0.4, 0.5) is 5.69 Å². The number of pyridine rings is 1. The number of azide groups is 1. The normalized spacial score (nSPS) is 8.75. The van der Waals surface area contributed by atoms with E-state index in [1.807, 2.05) is 0 Å². The number of carbonyl (C=O) groups is 1. The third-order valence-corrected chi connectivity index (χ3v) is 1.59. The average Bonchev–Trinajstić information content (AvgIpc) is 2.05. The predicted molar refractivity (Wildman–Crippen MR) is 46.1 cm³/mol. The maximum atomic E-state index is 10.4. The molecule has 0 fully saturated rings. The molecule has 0 aliphatic carbocycles. The van der Waals surface area contributed by atoms with Crippen LogP contribution in [-0.4, -0.2) is 11.3 Å². The average molecular weight is 227 g/mol. The fraction of sp³-hybridized carbons (Fsp3) is 0. The fourth-order valence-corrected chi connectivity index (χ4v) is 0.976. The largest absolute Gasteiger partial charge is 0.298 e. The Labute approximate surface area is 76.2 Å². The molecule has 0 radical (unpaired) electrons. The fourth-order valence-electron chi connectivity index (χ4n) is 0.656. The summed E-state index contributed by atoms with van der Waals surface area (Å²) in [4.78, 5) is 16.7. The van der Waals surface area contributed by atoms with E-state index in [2.05, 4.69) is 30.9 Å². The molecule has 0 N–H and O–H groups in total. The van der Waals surface area contributed by atoms with Crippen molar-refractivity contribution in [2.45, 2.75) is 0 Å². The van der Waals surface area contributed by atoms with Gasteiger partial charge in [-0.05, 0) is 27.5 Å². The van der Waals surface area contributed by atoms with Gasteiger partial charge in [0.25, 0.3) is 0 Å². The molecule has 5 nitrogen and oxygen atoms in total. The lowest BCUT2D eigenvalue weighted by molar-refractivity contribution is 0.112. The topological polar surface area (TPSA) is 78.7 Å². The highest BCUT2D eigenvalue weighted by atomic mass is 79.9. The van der Waals surface area contributed by atoms with Crippen molar-refractivity contribution in [2.75, 3.05) is 0 Å². The molecule has 0 atom stereocenters. The van der Waals surface area contributed by atoms with Crippen molar-refractivity contribution in [3.8, 4) is 0 Å². The van der Waals surface area contributed by atoms with Crippen LogP contribution in [-0.2, 0) is 0 Å². The van der Waals surface area contributed by atoms with Crippen LogP contribution in [0.15, 0.2) is 22.0 Å². The third-order valence-electron chi connectivity index (χ3n) is 1.16. The first-order valence-electron chi connectivity index (χ1n) is 2.93. The number of hydrogen-bond acceptors (Lipinski definition) is 3. The highest BCUT2D eigenvalue weighted by Gasteiger charge is 1.99. The summed E-state index contributed by atoms with van der Waals surface area (Å²) in [5.41, 5.74) is 8.68. The number of carbonyl (C=O) groups excluding carboxylic acids is 1. The minimum atomic E-state index is 0.273. The van der Waals surface area contributed by atoms with Crippen LogP contribution in [0.25, 0.3) is 10.4 Å². The van der Waals surface area contributed by atoms with Crippen molar-refractivity contribution in [2.24, 2.45) is 5.11 Å². The smallest absolute Gasteiger partial charge is 0.152 e. The summed E-state index contributed by atoms with van der Waals surface area (Å²) >= 11 is 3.09. The van der Waals surface area contributed by atoms with Gasteiger partial charge < -0.3 is 0 Å². The quantitative estimate of drug-likeness (QED) is 0.256. The highest BCUT2D eigenvalue weighted by molar-refractivity contribution is 9.10. The summed E-state index contributed by atoms with van der Waals surface area (Å²) in [6.07, 6.45) is 1.92. The number of aldehydes is 1. The zero-order chi connectivity index (χ0) is 8.97. The van der Waals surface area contributed by atoms with Gasteiger partial charge >= 0.3 is 0 Å². The van der Waals surface area contributed by atoms with Gasteiger partial charge in [0.05, 0.1) is 5.69 Å². The number of hydrogen-bond donors (Lipinski definition) is 0. The van der Waals surface area contributed by atoms with Crippen molar-refractivity contribution in [1.82, 2.24) is 4.98 Å². The first kappa shape index (κ1) is 8.70. The Kier molecular flexibility index (Phi) is 2.79. The molecule has 60 valence electrons. The van der Waals surface area contributed by atoms with Crippen molar-refractivity contribution in [3.05, 3.63) is 32.9 Å². The Morgan fingerprint density at radius 1 is 1.75 bits per heavy atom. The molecule has 1 aromatic rings.